The van der Waals surface area contributed by atoms with Gasteiger partial charge in [0.1, 0.15) is 5.00 Å². The van der Waals surface area contributed by atoms with E-state index in [-0.39, 0.29) is 17.3 Å². The van der Waals surface area contributed by atoms with Gasteiger partial charge in [-0.1, -0.05) is 25.1 Å². The molecule has 0 spiro atoms. The van der Waals surface area contributed by atoms with E-state index in [0.717, 1.165) is 34.6 Å². The third-order valence-electron chi connectivity index (χ3n) is 6.38. The molecule has 4 rings (SSSR count). The average molecular weight is 493 g/mol. The van der Waals surface area contributed by atoms with Crippen molar-refractivity contribution in [2.45, 2.75) is 31.1 Å². The maximum absolute atomic E-state index is 12.8. The zero-order valence-electron chi connectivity index (χ0n) is 18.9. The van der Waals surface area contributed by atoms with Crippen LogP contribution in [0.2, 0.25) is 0 Å². The lowest BCUT2D eigenvalue weighted by Gasteiger charge is -2.31. The highest BCUT2D eigenvalue weighted by Gasteiger charge is 2.32. The maximum Gasteiger partial charge on any atom is 0.341 e. The SMILES string of the molecule is COC(=O)c1c(NC(=O)C[NH+]2CCN(S(=O)(=O)c3ccccc3)CC2)sc2c1CC[C@@H](C)C2. The molecule has 2 N–H and O–H groups in total. The zero-order chi connectivity index (χ0) is 23.6. The van der Waals surface area contributed by atoms with Gasteiger partial charge in [0.25, 0.3) is 5.91 Å². The van der Waals surface area contributed by atoms with Crippen LogP contribution < -0.4 is 10.2 Å². The van der Waals surface area contributed by atoms with E-state index in [0.29, 0.717) is 42.7 Å². The molecule has 0 saturated carbocycles. The second-order valence-electron chi connectivity index (χ2n) is 8.74. The molecule has 1 aliphatic heterocycles. The molecule has 1 aromatic carbocycles. The number of methoxy groups -OCH3 is 1. The molecule has 1 saturated heterocycles. The maximum atomic E-state index is 12.8. The van der Waals surface area contributed by atoms with Crippen molar-refractivity contribution in [1.29, 1.82) is 0 Å². The van der Waals surface area contributed by atoms with Gasteiger partial charge in [-0.15, -0.1) is 11.3 Å². The number of esters is 1. The van der Waals surface area contributed by atoms with Crippen molar-refractivity contribution in [3.05, 3.63) is 46.3 Å². The molecule has 1 fully saturated rings. The topological polar surface area (TPSA) is 97.2 Å². The lowest BCUT2D eigenvalue weighted by Crippen LogP contribution is -3.15. The normalized spacial score (nSPS) is 19.6. The number of anilines is 1. The molecular weight excluding hydrogens is 462 g/mol. The van der Waals surface area contributed by atoms with Gasteiger partial charge in [-0.2, -0.15) is 4.31 Å². The van der Waals surface area contributed by atoms with Crippen LogP contribution >= 0.6 is 11.3 Å². The Hall–Kier alpha value is -2.27. The number of carbonyl (C=O) groups is 2. The lowest BCUT2D eigenvalue weighted by molar-refractivity contribution is -0.895. The van der Waals surface area contributed by atoms with Gasteiger partial charge >= 0.3 is 5.97 Å². The highest BCUT2D eigenvalue weighted by atomic mass is 32.2. The fourth-order valence-electron chi connectivity index (χ4n) is 4.52. The molecule has 2 aromatic rings. The molecule has 2 heterocycles. The number of quaternary nitrogens is 1. The summed E-state index contributed by atoms with van der Waals surface area (Å²) in [5, 5.41) is 3.50. The minimum absolute atomic E-state index is 0.179. The minimum atomic E-state index is -3.52. The Morgan fingerprint density at radius 1 is 1.21 bits per heavy atom. The number of piperazine rings is 1. The third kappa shape index (κ3) is 5.13. The van der Waals surface area contributed by atoms with Crippen molar-refractivity contribution in [3.8, 4) is 0 Å². The second kappa shape index (κ2) is 9.92. The van der Waals surface area contributed by atoms with Crippen molar-refractivity contribution in [2.75, 3.05) is 45.2 Å². The Morgan fingerprint density at radius 2 is 1.91 bits per heavy atom. The minimum Gasteiger partial charge on any atom is -0.465 e. The summed E-state index contributed by atoms with van der Waals surface area (Å²) in [5.41, 5.74) is 1.50. The number of hydrogen-bond acceptors (Lipinski definition) is 6. The molecular formula is C23H30N3O5S2+. The first-order chi connectivity index (χ1) is 15.8. The largest absolute Gasteiger partial charge is 0.465 e. The van der Waals surface area contributed by atoms with Crippen LogP contribution in [0.3, 0.4) is 0 Å². The van der Waals surface area contributed by atoms with E-state index in [1.807, 2.05) is 0 Å². The summed E-state index contributed by atoms with van der Waals surface area (Å²) in [7, 11) is -2.16. The first-order valence-electron chi connectivity index (χ1n) is 11.2. The molecule has 1 amide bonds. The van der Waals surface area contributed by atoms with Crippen LogP contribution in [0, 0.1) is 5.92 Å². The molecule has 1 atom stereocenters. The fourth-order valence-corrected chi connectivity index (χ4v) is 7.39. The van der Waals surface area contributed by atoms with E-state index in [1.165, 1.54) is 22.8 Å². The van der Waals surface area contributed by atoms with Gasteiger partial charge in [-0.25, -0.2) is 13.2 Å². The number of rotatable bonds is 6. The van der Waals surface area contributed by atoms with E-state index in [4.69, 9.17) is 4.74 Å². The van der Waals surface area contributed by atoms with Crippen LogP contribution in [-0.4, -0.2) is 64.4 Å². The third-order valence-corrected chi connectivity index (χ3v) is 9.46. The van der Waals surface area contributed by atoms with Crippen molar-refractivity contribution in [2.24, 2.45) is 5.92 Å². The number of amides is 1. The molecule has 178 valence electrons. The van der Waals surface area contributed by atoms with E-state index in [9.17, 15) is 18.0 Å². The van der Waals surface area contributed by atoms with Gasteiger partial charge in [0.05, 0.1) is 43.7 Å². The Balaban J connectivity index is 1.38. The standard InChI is InChI=1S/C23H29N3O5S2/c1-16-8-9-18-19(14-16)32-22(21(18)23(28)31-2)24-20(27)15-25-10-12-26(13-11-25)33(29,30)17-6-4-3-5-7-17/h3-7,16H,8-15H2,1-2H3,(H,24,27)/p+1/t16-/m1/s1. The van der Waals surface area contributed by atoms with E-state index in [2.05, 4.69) is 12.2 Å². The number of benzene rings is 1. The predicted octanol–water partition coefficient (Wildman–Crippen LogP) is 1.19. The monoisotopic (exact) mass is 492 g/mol. The summed E-state index contributed by atoms with van der Waals surface area (Å²) < 4.78 is 32.1. The number of ether oxygens (including phenoxy) is 1. The van der Waals surface area contributed by atoms with Gasteiger partial charge in [0.2, 0.25) is 10.0 Å². The van der Waals surface area contributed by atoms with Crippen LogP contribution in [0.15, 0.2) is 35.2 Å². The van der Waals surface area contributed by atoms with Crippen molar-refractivity contribution in [1.82, 2.24) is 4.31 Å². The first kappa shape index (κ1) is 23.9. The Bertz CT molecular complexity index is 1120. The molecule has 33 heavy (non-hydrogen) atoms. The smallest absolute Gasteiger partial charge is 0.341 e. The summed E-state index contributed by atoms with van der Waals surface area (Å²) in [6.45, 7) is 4.22. The highest BCUT2D eigenvalue weighted by Crippen LogP contribution is 2.39. The van der Waals surface area contributed by atoms with E-state index < -0.39 is 16.0 Å². The lowest BCUT2D eigenvalue weighted by atomic mass is 9.88. The van der Waals surface area contributed by atoms with Crippen LogP contribution in [-0.2, 0) is 32.4 Å². The average Bonchev–Trinajstić information content (AvgIpc) is 3.16. The summed E-state index contributed by atoms with van der Waals surface area (Å²) >= 11 is 1.47. The summed E-state index contributed by atoms with van der Waals surface area (Å²) in [6, 6.07) is 8.41. The summed E-state index contributed by atoms with van der Waals surface area (Å²) in [4.78, 5) is 27.7. The van der Waals surface area contributed by atoms with Gasteiger partial charge in [0.15, 0.2) is 6.54 Å². The molecule has 8 nitrogen and oxygen atoms in total. The number of thiophene rings is 1. The number of hydrogen-bond donors (Lipinski definition) is 2. The number of nitrogens with one attached hydrogen (secondary N) is 2. The van der Waals surface area contributed by atoms with Gasteiger partial charge in [-0.3, -0.25) is 4.79 Å². The number of nitrogens with zero attached hydrogens (tertiary/aromatic N) is 1. The molecule has 0 bridgehead atoms. The molecule has 10 heteroatoms. The fraction of sp³-hybridized carbons (Fsp3) is 0.478. The number of carbonyl (C=O) groups excluding carboxylic acids is 2. The molecule has 0 radical (unpaired) electrons. The van der Waals surface area contributed by atoms with Crippen molar-refractivity contribution >= 4 is 38.2 Å². The van der Waals surface area contributed by atoms with Crippen LogP contribution in [0.1, 0.15) is 34.1 Å². The Kier molecular flexibility index (Phi) is 7.18. The summed E-state index contributed by atoms with van der Waals surface area (Å²) in [5.74, 6) is -0.0382. The van der Waals surface area contributed by atoms with Crippen LogP contribution in [0.4, 0.5) is 5.00 Å². The Labute approximate surface area is 198 Å². The van der Waals surface area contributed by atoms with Crippen LogP contribution in [0.25, 0.3) is 0 Å². The van der Waals surface area contributed by atoms with Crippen molar-refractivity contribution < 1.29 is 27.6 Å². The van der Waals surface area contributed by atoms with E-state index in [1.54, 1.807) is 30.3 Å². The van der Waals surface area contributed by atoms with Gasteiger partial charge in [0, 0.05) is 4.88 Å². The van der Waals surface area contributed by atoms with Gasteiger partial charge in [-0.05, 0) is 42.9 Å². The predicted molar refractivity (Wildman–Crippen MR) is 126 cm³/mol. The molecule has 2 aliphatic rings. The quantitative estimate of drug-likeness (QED) is 0.591. The second-order valence-corrected chi connectivity index (χ2v) is 11.8. The molecule has 0 unspecified atom stereocenters. The van der Waals surface area contributed by atoms with Gasteiger partial charge < -0.3 is 15.0 Å². The first-order valence-corrected chi connectivity index (χ1v) is 13.5. The van der Waals surface area contributed by atoms with E-state index >= 15 is 0 Å². The van der Waals surface area contributed by atoms with Crippen molar-refractivity contribution in [3.63, 3.8) is 0 Å². The number of sulfonamides is 1. The molecule has 1 aliphatic carbocycles. The molecule has 1 aromatic heterocycles. The van der Waals surface area contributed by atoms with Crippen LogP contribution in [0.5, 0.6) is 0 Å². The summed E-state index contributed by atoms with van der Waals surface area (Å²) in [6.07, 6.45) is 2.74. The number of fused-ring (bicyclic) bond motifs is 1. The Morgan fingerprint density at radius 3 is 2.58 bits per heavy atom. The zero-order valence-corrected chi connectivity index (χ0v) is 20.6. The highest BCUT2D eigenvalue weighted by molar-refractivity contribution is 7.89.